The number of carbonyl (C=O) groups excluding carboxylic acids is 2. The van der Waals surface area contributed by atoms with Crippen LogP contribution in [0.1, 0.15) is 0 Å². The van der Waals surface area contributed by atoms with E-state index in [9.17, 15) is 14.0 Å². The molecule has 2 amide bonds. The topological polar surface area (TPSA) is 70.7 Å². The molecule has 0 fully saturated rings. The zero-order chi connectivity index (χ0) is 19.1. The molecule has 0 unspecified atom stereocenters. The molecule has 0 aromatic heterocycles. The van der Waals surface area contributed by atoms with Crippen LogP contribution in [0, 0.1) is 5.82 Å². The number of methoxy groups -OCH3 is 1. The summed E-state index contributed by atoms with van der Waals surface area (Å²) in [6, 6.07) is 10.9. The van der Waals surface area contributed by atoms with Gasteiger partial charge in [0.15, 0.2) is 0 Å². The van der Waals surface area contributed by atoms with Gasteiger partial charge in [0.25, 0.3) is 0 Å². The Labute approximate surface area is 155 Å². The number of benzene rings is 2. The van der Waals surface area contributed by atoms with Gasteiger partial charge < -0.3 is 15.4 Å². The van der Waals surface area contributed by atoms with Gasteiger partial charge in [0.05, 0.1) is 25.2 Å². The SMILES string of the molecule is COc1cccc(NC(=O)CN(C)CC(=O)Nc2ccc(F)c(Cl)c2)c1. The summed E-state index contributed by atoms with van der Waals surface area (Å²) >= 11 is 5.67. The Balaban J connectivity index is 1.82. The van der Waals surface area contributed by atoms with Crippen molar-refractivity contribution in [3.63, 3.8) is 0 Å². The molecule has 26 heavy (non-hydrogen) atoms. The van der Waals surface area contributed by atoms with Crippen molar-refractivity contribution >= 4 is 34.8 Å². The number of nitrogens with zero attached hydrogens (tertiary/aromatic N) is 1. The summed E-state index contributed by atoms with van der Waals surface area (Å²) < 4.78 is 18.2. The highest BCUT2D eigenvalue weighted by atomic mass is 35.5. The van der Waals surface area contributed by atoms with Gasteiger partial charge in [-0.1, -0.05) is 17.7 Å². The number of ether oxygens (including phenoxy) is 1. The number of nitrogens with one attached hydrogen (secondary N) is 2. The second-order valence-electron chi connectivity index (χ2n) is 5.63. The van der Waals surface area contributed by atoms with Crippen LogP contribution in [0.15, 0.2) is 42.5 Å². The van der Waals surface area contributed by atoms with E-state index in [0.29, 0.717) is 17.1 Å². The fourth-order valence-corrected chi connectivity index (χ4v) is 2.40. The maximum atomic E-state index is 13.1. The first kappa shape index (κ1) is 19.7. The van der Waals surface area contributed by atoms with Crippen molar-refractivity contribution in [3.8, 4) is 5.75 Å². The van der Waals surface area contributed by atoms with E-state index in [1.807, 2.05) is 0 Å². The molecule has 0 radical (unpaired) electrons. The standard InChI is InChI=1S/C18H19ClFN3O3/c1-23(10-17(24)21-12-4-3-5-14(8-12)26-2)11-18(25)22-13-6-7-16(20)15(19)9-13/h3-9H,10-11H2,1-2H3,(H,21,24)(H,22,25). The van der Waals surface area contributed by atoms with E-state index in [0.717, 1.165) is 0 Å². The minimum Gasteiger partial charge on any atom is -0.497 e. The van der Waals surface area contributed by atoms with E-state index in [1.54, 1.807) is 43.3 Å². The molecular weight excluding hydrogens is 361 g/mol. The van der Waals surface area contributed by atoms with Crippen LogP contribution in [0.25, 0.3) is 0 Å². The van der Waals surface area contributed by atoms with Crippen molar-refractivity contribution in [2.45, 2.75) is 0 Å². The molecular formula is C18H19ClFN3O3. The summed E-state index contributed by atoms with van der Waals surface area (Å²) in [5, 5.41) is 5.26. The van der Waals surface area contributed by atoms with Crippen LogP contribution >= 0.6 is 11.6 Å². The van der Waals surface area contributed by atoms with Crippen LogP contribution in [0.5, 0.6) is 5.75 Å². The molecule has 0 spiro atoms. The smallest absolute Gasteiger partial charge is 0.238 e. The zero-order valence-corrected chi connectivity index (χ0v) is 15.1. The Morgan fingerprint density at radius 3 is 2.27 bits per heavy atom. The third-order valence-electron chi connectivity index (χ3n) is 3.38. The molecule has 0 atom stereocenters. The normalized spacial score (nSPS) is 10.5. The van der Waals surface area contributed by atoms with Crippen molar-refractivity contribution in [1.82, 2.24) is 4.90 Å². The predicted octanol–water partition coefficient (Wildman–Crippen LogP) is 3.00. The Bertz CT molecular complexity index is 801. The third-order valence-corrected chi connectivity index (χ3v) is 3.67. The number of rotatable bonds is 7. The average Bonchev–Trinajstić information content (AvgIpc) is 2.57. The lowest BCUT2D eigenvalue weighted by Crippen LogP contribution is -2.36. The van der Waals surface area contributed by atoms with Gasteiger partial charge in [-0.15, -0.1) is 0 Å². The Kier molecular flexibility index (Phi) is 6.94. The molecule has 0 aliphatic heterocycles. The number of halogens is 2. The Hall–Kier alpha value is -2.64. The maximum Gasteiger partial charge on any atom is 0.238 e. The summed E-state index contributed by atoms with van der Waals surface area (Å²) in [5.74, 6) is -0.535. The molecule has 2 aromatic carbocycles. The predicted molar refractivity (Wildman–Crippen MR) is 99.2 cm³/mol. The molecule has 2 rings (SSSR count). The number of amides is 2. The van der Waals surface area contributed by atoms with E-state index < -0.39 is 5.82 Å². The summed E-state index contributed by atoms with van der Waals surface area (Å²) in [4.78, 5) is 25.6. The summed E-state index contributed by atoms with van der Waals surface area (Å²) in [5.41, 5.74) is 0.990. The first-order valence-corrected chi connectivity index (χ1v) is 8.12. The first-order valence-electron chi connectivity index (χ1n) is 7.74. The van der Waals surface area contributed by atoms with Crippen LogP contribution in [0.4, 0.5) is 15.8 Å². The zero-order valence-electron chi connectivity index (χ0n) is 14.4. The number of hydrogen-bond acceptors (Lipinski definition) is 4. The van der Waals surface area contributed by atoms with E-state index in [2.05, 4.69) is 10.6 Å². The van der Waals surface area contributed by atoms with Gasteiger partial charge in [-0.3, -0.25) is 14.5 Å². The lowest BCUT2D eigenvalue weighted by molar-refractivity contribution is -0.119. The lowest BCUT2D eigenvalue weighted by atomic mass is 10.3. The fraction of sp³-hybridized carbons (Fsp3) is 0.222. The fourth-order valence-electron chi connectivity index (χ4n) is 2.22. The minimum atomic E-state index is -0.559. The molecule has 0 aliphatic carbocycles. The van der Waals surface area contributed by atoms with Crippen molar-refractivity contribution < 1.29 is 18.7 Å². The first-order chi connectivity index (χ1) is 12.4. The molecule has 0 saturated carbocycles. The van der Waals surface area contributed by atoms with Crippen molar-refractivity contribution in [2.24, 2.45) is 0 Å². The molecule has 2 N–H and O–H groups in total. The van der Waals surface area contributed by atoms with Gasteiger partial charge in [0, 0.05) is 17.4 Å². The van der Waals surface area contributed by atoms with Gasteiger partial charge >= 0.3 is 0 Å². The van der Waals surface area contributed by atoms with Crippen LogP contribution < -0.4 is 15.4 Å². The number of hydrogen-bond donors (Lipinski definition) is 2. The largest absolute Gasteiger partial charge is 0.497 e. The van der Waals surface area contributed by atoms with Gasteiger partial charge in [0.1, 0.15) is 11.6 Å². The Morgan fingerprint density at radius 1 is 1.08 bits per heavy atom. The highest BCUT2D eigenvalue weighted by molar-refractivity contribution is 6.31. The average molecular weight is 380 g/mol. The monoisotopic (exact) mass is 379 g/mol. The lowest BCUT2D eigenvalue weighted by Gasteiger charge is -2.16. The minimum absolute atomic E-state index is 0.0134. The van der Waals surface area contributed by atoms with Crippen LogP contribution in [-0.4, -0.2) is 44.0 Å². The van der Waals surface area contributed by atoms with E-state index in [-0.39, 0.29) is 29.9 Å². The molecule has 2 aromatic rings. The number of likely N-dealkylation sites (N-methyl/N-ethyl adjacent to an activating group) is 1. The highest BCUT2D eigenvalue weighted by Gasteiger charge is 2.12. The van der Waals surface area contributed by atoms with E-state index in [4.69, 9.17) is 16.3 Å². The quantitative estimate of drug-likeness (QED) is 0.775. The summed E-state index contributed by atoms with van der Waals surface area (Å²) in [7, 11) is 3.18. The molecule has 0 aliphatic rings. The summed E-state index contributed by atoms with van der Waals surface area (Å²) in [6.45, 7) is 0.00926. The highest BCUT2D eigenvalue weighted by Crippen LogP contribution is 2.19. The van der Waals surface area contributed by atoms with Gasteiger partial charge in [0.2, 0.25) is 11.8 Å². The second kappa shape index (κ2) is 9.17. The molecule has 0 bridgehead atoms. The molecule has 0 heterocycles. The van der Waals surface area contributed by atoms with Crippen molar-refractivity contribution in [2.75, 3.05) is 37.9 Å². The van der Waals surface area contributed by atoms with Crippen molar-refractivity contribution in [3.05, 3.63) is 53.3 Å². The van der Waals surface area contributed by atoms with E-state index in [1.165, 1.54) is 18.2 Å². The second-order valence-corrected chi connectivity index (χ2v) is 6.04. The van der Waals surface area contributed by atoms with Crippen molar-refractivity contribution in [1.29, 1.82) is 0 Å². The van der Waals surface area contributed by atoms with Gasteiger partial charge in [-0.25, -0.2) is 4.39 Å². The van der Waals surface area contributed by atoms with Gasteiger partial charge in [-0.05, 0) is 37.4 Å². The third kappa shape index (κ3) is 6.02. The van der Waals surface area contributed by atoms with Crippen LogP contribution in [0.2, 0.25) is 5.02 Å². The number of carbonyl (C=O) groups is 2. The summed E-state index contributed by atoms with van der Waals surface area (Å²) in [6.07, 6.45) is 0. The van der Waals surface area contributed by atoms with Crippen LogP contribution in [-0.2, 0) is 9.59 Å². The number of anilines is 2. The molecule has 0 saturated heterocycles. The molecule has 8 heteroatoms. The van der Waals surface area contributed by atoms with Gasteiger partial charge in [-0.2, -0.15) is 0 Å². The van der Waals surface area contributed by atoms with Crippen LogP contribution in [0.3, 0.4) is 0 Å². The Morgan fingerprint density at radius 2 is 1.69 bits per heavy atom. The molecule has 138 valence electrons. The van der Waals surface area contributed by atoms with E-state index >= 15 is 0 Å². The molecule has 6 nitrogen and oxygen atoms in total. The maximum absolute atomic E-state index is 13.1.